The summed E-state index contributed by atoms with van der Waals surface area (Å²) in [5, 5.41) is 2.91. The number of hydrogen-bond acceptors (Lipinski definition) is 3. The standard InChI is InChI=1S/C25H28N2O3S/c1-20-13-15-24(16-14-20)31(29,30)27(18-17-22-9-5-3-6-10-22)19-25(28)26-21(2)23-11-7-4-8-12-23/h3-16,21H,17-19H2,1-2H3,(H,26,28)/t21-/m0/s1. The molecule has 0 fully saturated rings. The molecule has 0 aliphatic rings. The summed E-state index contributed by atoms with van der Waals surface area (Å²) in [4.78, 5) is 13.0. The Labute approximate surface area is 184 Å². The van der Waals surface area contributed by atoms with Gasteiger partial charge in [-0.15, -0.1) is 0 Å². The molecule has 162 valence electrons. The zero-order valence-electron chi connectivity index (χ0n) is 17.9. The molecule has 0 aliphatic heterocycles. The van der Waals surface area contributed by atoms with Crippen LogP contribution in [0.3, 0.4) is 0 Å². The number of nitrogens with zero attached hydrogens (tertiary/aromatic N) is 1. The molecule has 3 rings (SSSR count). The Balaban J connectivity index is 1.77. The molecular formula is C25H28N2O3S. The maximum Gasteiger partial charge on any atom is 0.243 e. The highest BCUT2D eigenvalue weighted by Gasteiger charge is 2.27. The van der Waals surface area contributed by atoms with E-state index in [0.29, 0.717) is 6.42 Å². The fourth-order valence-corrected chi connectivity index (χ4v) is 4.71. The van der Waals surface area contributed by atoms with Crippen molar-refractivity contribution in [3.63, 3.8) is 0 Å². The number of carbonyl (C=O) groups is 1. The molecule has 5 nitrogen and oxygen atoms in total. The molecule has 1 N–H and O–H groups in total. The van der Waals surface area contributed by atoms with Crippen molar-refractivity contribution in [2.75, 3.05) is 13.1 Å². The molecule has 0 bridgehead atoms. The first-order valence-electron chi connectivity index (χ1n) is 10.3. The predicted molar refractivity (Wildman–Crippen MR) is 123 cm³/mol. The first-order chi connectivity index (χ1) is 14.9. The molecule has 31 heavy (non-hydrogen) atoms. The maximum atomic E-state index is 13.3. The summed E-state index contributed by atoms with van der Waals surface area (Å²) in [6.45, 7) is 3.77. The number of amides is 1. The van der Waals surface area contributed by atoms with Crippen molar-refractivity contribution in [1.29, 1.82) is 0 Å². The smallest absolute Gasteiger partial charge is 0.243 e. The van der Waals surface area contributed by atoms with Crippen LogP contribution in [0.1, 0.15) is 29.7 Å². The average molecular weight is 437 g/mol. The van der Waals surface area contributed by atoms with Gasteiger partial charge in [0, 0.05) is 6.54 Å². The van der Waals surface area contributed by atoms with Crippen molar-refractivity contribution in [2.45, 2.75) is 31.2 Å². The molecule has 0 saturated heterocycles. The Morgan fingerprint density at radius 3 is 2.10 bits per heavy atom. The SMILES string of the molecule is Cc1ccc(S(=O)(=O)N(CCc2ccccc2)CC(=O)N[C@@H](C)c2ccccc2)cc1. The highest BCUT2D eigenvalue weighted by Crippen LogP contribution is 2.18. The second-order valence-electron chi connectivity index (χ2n) is 7.59. The molecule has 1 amide bonds. The molecule has 0 aliphatic carbocycles. The number of sulfonamides is 1. The van der Waals surface area contributed by atoms with Gasteiger partial charge in [-0.25, -0.2) is 8.42 Å². The van der Waals surface area contributed by atoms with Crippen LogP contribution in [-0.4, -0.2) is 31.7 Å². The minimum absolute atomic E-state index is 0.190. The number of nitrogens with one attached hydrogen (secondary N) is 1. The molecular weight excluding hydrogens is 408 g/mol. The highest BCUT2D eigenvalue weighted by atomic mass is 32.2. The third-order valence-electron chi connectivity index (χ3n) is 5.15. The van der Waals surface area contributed by atoms with E-state index in [2.05, 4.69) is 5.32 Å². The van der Waals surface area contributed by atoms with E-state index < -0.39 is 10.0 Å². The van der Waals surface area contributed by atoms with E-state index in [1.807, 2.05) is 74.5 Å². The summed E-state index contributed by atoms with van der Waals surface area (Å²) in [6.07, 6.45) is 0.521. The Hall–Kier alpha value is -2.96. The van der Waals surface area contributed by atoms with Crippen LogP contribution < -0.4 is 5.32 Å². The average Bonchev–Trinajstić information content (AvgIpc) is 2.78. The van der Waals surface area contributed by atoms with Crippen LogP contribution in [0.2, 0.25) is 0 Å². The third-order valence-corrected chi connectivity index (χ3v) is 7.01. The van der Waals surface area contributed by atoms with Crippen molar-refractivity contribution >= 4 is 15.9 Å². The molecule has 0 radical (unpaired) electrons. The monoisotopic (exact) mass is 436 g/mol. The van der Waals surface area contributed by atoms with Crippen molar-refractivity contribution in [3.05, 3.63) is 102 Å². The van der Waals surface area contributed by atoms with Crippen molar-refractivity contribution in [1.82, 2.24) is 9.62 Å². The van der Waals surface area contributed by atoms with Gasteiger partial charge in [-0.2, -0.15) is 4.31 Å². The van der Waals surface area contributed by atoms with Crippen LogP contribution in [-0.2, 0) is 21.2 Å². The summed E-state index contributed by atoms with van der Waals surface area (Å²) in [6, 6.07) is 25.7. The quantitative estimate of drug-likeness (QED) is 0.549. The number of aryl methyl sites for hydroxylation is 1. The molecule has 1 atom stereocenters. The van der Waals surface area contributed by atoms with Gasteiger partial charge in [0.05, 0.1) is 17.5 Å². The largest absolute Gasteiger partial charge is 0.348 e. The number of rotatable bonds is 9. The lowest BCUT2D eigenvalue weighted by atomic mass is 10.1. The first kappa shape index (κ1) is 22.7. The van der Waals surface area contributed by atoms with Crippen LogP contribution in [0, 0.1) is 6.92 Å². The first-order valence-corrected chi connectivity index (χ1v) is 11.8. The summed E-state index contributed by atoms with van der Waals surface area (Å²) in [5.41, 5.74) is 2.96. The Bertz CT molecular complexity index is 1080. The van der Waals surface area contributed by atoms with Crippen molar-refractivity contribution in [2.24, 2.45) is 0 Å². The third kappa shape index (κ3) is 6.26. The zero-order valence-corrected chi connectivity index (χ0v) is 18.7. The van der Waals surface area contributed by atoms with E-state index in [-0.39, 0.29) is 29.9 Å². The van der Waals surface area contributed by atoms with Crippen LogP contribution in [0.4, 0.5) is 0 Å². The van der Waals surface area contributed by atoms with Gasteiger partial charge in [-0.3, -0.25) is 4.79 Å². The van der Waals surface area contributed by atoms with Gasteiger partial charge in [-0.05, 0) is 43.5 Å². The number of benzene rings is 3. The van der Waals surface area contributed by atoms with Crippen molar-refractivity contribution in [3.8, 4) is 0 Å². The fourth-order valence-electron chi connectivity index (χ4n) is 3.31. The lowest BCUT2D eigenvalue weighted by Crippen LogP contribution is -2.42. The van der Waals surface area contributed by atoms with Crippen LogP contribution in [0.25, 0.3) is 0 Å². The predicted octanol–water partition coefficient (Wildman–Crippen LogP) is 4.11. The molecule has 0 saturated carbocycles. The Morgan fingerprint density at radius 2 is 1.48 bits per heavy atom. The summed E-state index contributed by atoms with van der Waals surface area (Å²) >= 11 is 0. The molecule has 0 heterocycles. The van der Waals surface area contributed by atoms with Crippen LogP contribution in [0.15, 0.2) is 89.8 Å². The highest BCUT2D eigenvalue weighted by molar-refractivity contribution is 7.89. The minimum atomic E-state index is -3.81. The second-order valence-corrected chi connectivity index (χ2v) is 9.53. The molecule has 3 aromatic rings. The summed E-state index contributed by atoms with van der Waals surface area (Å²) < 4.78 is 27.9. The van der Waals surface area contributed by atoms with Gasteiger partial charge in [0.15, 0.2) is 0 Å². The van der Waals surface area contributed by atoms with Gasteiger partial charge in [0.2, 0.25) is 15.9 Å². The van der Waals surface area contributed by atoms with Crippen LogP contribution in [0.5, 0.6) is 0 Å². The normalized spacial score (nSPS) is 12.5. The molecule has 6 heteroatoms. The summed E-state index contributed by atoms with van der Waals surface area (Å²) in [5.74, 6) is -0.333. The number of hydrogen-bond donors (Lipinski definition) is 1. The van der Waals surface area contributed by atoms with Crippen LogP contribution >= 0.6 is 0 Å². The number of carbonyl (C=O) groups excluding carboxylic acids is 1. The van der Waals surface area contributed by atoms with Gasteiger partial charge in [-0.1, -0.05) is 78.4 Å². The van der Waals surface area contributed by atoms with Crippen molar-refractivity contribution < 1.29 is 13.2 Å². The molecule has 0 aromatic heterocycles. The van der Waals surface area contributed by atoms with E-state index in [9.17, 15) is 13.2 Å². The second kappa shape index (κ2) is 10.4. The van der Waals surface area contributed by atoms with Gasteiger partial charge < -0.3 is 5.32 Å². The van der Waals surface area contributed by atoms with E-state index in [4.69, 9.17) is 0 Å². The van der Waals surface area contributed by atoms with Gasteiger partial charge >= 0.3 is 0 Å². The fraction of sp³-hybridized carbons (Fsp3) is 0.240. The van der Waals surface area contributed by atoms with E-state index >= 15 is 0 Å². The lowest BCUT2D eigenvalue weighted by molar-refractivity contribution is -0.121. The zero-order chi connectivity index (χ0) is 22.3. The Kier molecular flexibility index (Phi) is 7.60. The maximum absolute atomic E-state index is 13.3. The molecule has 3 aromatic carbocycles. The lowest BCUT2D eigenvalue weighted by Gasteiger charge is -2.23. The van der Waals surface area contributed by atoms with Gasteiger partial charge in [0.1, 0.15) is 0 Å². The topological polar surface area (TPSA) is 66.5 Å². The van der Waals surface area contributed by atoms with E-state index in [1.165, 1.54) is 4.31 Å². The molecule has 0 unspecified atom stereocenters. The van der Waals surface area contributed by atoms with E-state index in [1.54, 1.807) is 24.3 Å². The summed E-state index contributed by atoms with van der Waals surface area (Å²) in [7, 11) is -3.81. The van der Waals surface area contributed by atoms with Gasteiger partial charge in [0.25, 0.3) is 0 Å². The van der Waals surface area contributed by atoms with E-state index in [0.717, 1.165) is 16.7 Å². The molecule has 0 spiro atoms. The minimum Gasteiger partial charge on any atom is -0.348 e. The Morgan fingerprint density at radius 1 is 0.903 bits per heavy atom.